The standard InChI is InChI=1S/C9H13N3S/c1-13-9(3-4-9)7-12-8-10-5-2-6-11-8/h2,5-6H,3-4,7H2,1H3,(H,10,11,12). The van der Waals surface area contributed by atoms with Crippen LogP contribution in [0.2, 0.25) is 0 Å². The van der Waals surface area contributed by atoms with Gasteiger partial charge in [-0.1, -0.05) is 0 Å². The van der Waals surface area contributed by atoms with E-state index in [1.54, 1.807) is 12.4 Å². The molecule has 1 heterocycles. The predicted molar refractivity (Wildman–Crippen MR) is 56.0 cm³/mol. The van der Waals surface area contributed by atoms with E-state index in [1.807, 2.05) is 17.8 Å². The van der Waals surface area contributed by atoms with Crippen LogP contribution in [0.3, 0.4) is 0 Å². The lowest BCUT2D eigenvalue weighted by atomic mass is 10.4. The molecule has 70 valence electrons. The molecule has 0 amide bonds. The molecule has 0 spiro atoms. The molecule has 0 unspecified atom stereocenters. The minimum atomic E-state index is 0.471. The van der Waals surface area contributed by atoms with Gasteiger partial charge in [-0.2, -0.15) is 11.8 Å². The topological polar surface area (TPSA) is 37.8 Å². The lowest BCUT2D eigenvalue weighted by molar-refractivity contribution is 0.926. The first-order valence-corrected chi connectivity index (χ1v) is 5.63. The third-order valence-corrected chi connectivity index (χ3v) is 3.79. The predicted octanol–water partition coefficient (Wildman–Crippen LogP) is 1.78. The van der Waals surface area contributed by atoms with Gasteiger partial charge < -0.3 is 5.32 Å². The minimum Gasteiger partial charge on any atom is -0.353 e. The van der Waals surface area contributed by atoms with Crippen LogP contribution in [0, 0.1) is 0 Å². The fourth-order valence-electron chi connectivity index (χ4n) is 1.22. The van der Waals surface area contributed by atoms with E-state index in [-0.39, 0.29) is 0 Å². The molecule has 1 N–H and O–H groups in total. The summed E-state index contributed by atoms with van der Waals surface area (Å²) in [7, 11) is 0. The van der Waals surface area contributed by atoms with Crippen molar-refractivity contribution >= 4 is 17.7 Å². The number of nitrogens with one attached hydrogen (secondary N) is 1. The van der Waals surface area contributed by atoms with Crippen molar-refractivity contribution in [3.63, 3.8) is 0 Å². The third kappa shape index (κ3) is 2.12. The van der Waals surface area contributed by atoms with Gasteiger partial charge in [0.1, 0.15) is 0 Å². The molecule has 0 radical (unpaired) electrons. The van der Waals surface area contributed by atoms with E-state index in [4.69, 9.17) is 0 Å². The van der Waals surface area contributed by atoms with Gasteiger partial charge in [0.25, 0.3) is 0 Å². The summed E-state index contributed by atoms with van der Waals surface area (Å²) in [6, 6.07) is 1.83. The van der Waals surface area contributed by atoms with Gasteiger partial charge in [0, 0.05) is 23.7 Å². The van der Waals surface area contributed by atoms with E-state index >= 15 is 0 Å². The Morgan fingerprint density at radius 1 is 1.46 bits per heavy atom. The molecule has 1 saturated carbocycles. The van der Waals surface area contributed by atoms with Gasteiger partial charge in [0.05, 0.1) is 0 Å². The van der Waals surface area contributed by atoms with Gasteiger partial charge in [0.15, 0.2) is 0 Å². The van der Waals surface area contributed by atoms with Crippen molar-refractivity contribution in [2.24, 2.45) is 0 Å². The Balaban J connectivity index is 1.86. The third-order valence-electron chi connectivity index (χ3n) is 2.38. The van der Waals surface area contributed by atoms with Crippen molar-refractivity contribution in [3.8, 4) is 0 Å². The number of anilines is 1. The van der Waals surface area contributed by atoms with Gasteiger partial charge in [-0.25, -0.2) is 9.97 Å². The second-order valence-electron chi connectivity index (χ2n) is 3.31. The summed E-state index contributed by atoms with van der Waals surface area (Å²) < 4.78 is 0.471. The molecule has 1 fully saturated rings. The Morgan fingerprint density at radius 2 is 2.15 bits per heavy atom. The van der Waals surface area contributed by atoms with Gasteiger partial charge in [-0.3, -0.25) is 0 Å². The zero-order valence-electron chi connectivity index (χ0n) is 7.66. The van der Waals surface area contributed by atoms with Crippen LogP contribution in [0.15, 0.2) is 18.5 Å². The van der Waals surface area contributed by atoms with Crippen LogP contribution in [-0.4, -0.2) is 27.5 Å². The Kier molecular flexibility index (Phi) is 2.40. The van der Waals surface area contributed by atoms with Crippen molar-refractivity contribution < 1.29 is 0 Å². The van der Waals surface area contributed by atoms with Crippen LogP contribution < -0.4 is 5.32 Å². The van der Waals surface area contributed by atoms with Gasteiger partial charge in [-0.15, -0.1) is 0 Å². The zero-order chi connectivity index (χ0) is 9.15. The highest BCUT2D eigenvalue weighted by molar-refractivity contribution is 8.00. The highest BCUT2D eigenvalue weighted by Gasteiger charge is 2.41. The first-order chi connectivity index (χ1) is 6.35. The quantitative estimate of drug-likeness (QED) is 0.794. The van der Waals surface area contributed by atoms with Crippen molar-refractivity contribution in [2.45, 2.75) is 17.6 Å². The maximum Gasteiger partial charge on any atom is 0.222 e. The highest BCUT2D eigenvalue weighted by Crippen LogP contribution is 2.46. The molecule has 1 aliphatic carbocycles. The number of hydrogen-bond acceptors (Lipinski definition) is 4. The molecule has 0 aromatic carbocycles. The minimum absolute atomic E-state index is 0.471. The van der Waals surface area contributed by atoms with Crippen molar-refractivity contribution in [2.75, 3.05) is 18.1 Å². The summed E-state index contributed by atoms with van der Waals surface area (Å²) in [6.07, 6.45) is 8.31. The van der Waals surface area contributed by atoms with Crippen LogP contribution in [-0.2, 0) is 0 Å². The lowest BCUT2D eigenvalue weighted by Crippen LogP contribution is -2.18. The SMILES string of the molecule is CSC1(CNc2ncccn2)CC1. The van der Waals surface area contributed by atoms with Crippen molar-refractivity contribution in [3.05, 3.63) is 18.5 Å². The molecular weight excluding hydrogens is 182 g/mol. The molecular formula is C9H13N3S. The number of rotatable bonds is 4. The summed E-state index contributed by atoms with van der Waals surface area (Å²) in [5.41, 5.74) is 0. The van der Waals surface area contributed by atoms with E-state index in [0.29, 0.717) is 4.75 Å². The summed E-state index contributed by atoms with van der Waals surface area (Å²) in [6.45, 7) is 0.984. The Bertz CT molecular complexity index is 271. The summed E-state index contributed by atoms with van der Waals surface area (Å²) in [5, 5.41) is 3.26. The van der Waals surface area contributed by atoms with Crippen LogP contribution in [0.25, 0.3) is 0 Å². The Labute approximate surface area is 82.4 Å². The molecule has 1 aliphatic rings. The molecule has 0 bridgehead atoms. The van der Waals surface area contributed by atoms with Crippen molar-refractivity contribution in [1.82, 2.24) is 9.97 Å². The number of nitrogens with zero attached hydrogens (tertiary/aromatic N) is 2. The maximum absolute atomic E-state index is 4.11. The van der Waals surface area contributed by atoms with E-state index in [0.717, 1.165) is 12.5 Å². The molecule has 4 heteroatoms. The largest absolute Gasteiger partial charge is 0.353 e. The number of hydrogen-bond donors (Lipinski definition) is 1. The summed E-state index contributed by atoms with van der Waals surface area (Å²) in [4.78, 5) is 8.22. The van der Waals surface area contributed by atoms with Gasteiger partial charge in [0.2, 0.25) is 5.95 Å². The Morgan fingerprint density at radius 3 is 2.69 bits per heavy atom. The van der Waals surface area contributed by atoms with Crippen LogP contribution >= 0.6 is 11.8 Å². The van der Waals surface area contributed by atoms with Crippen LogP contribution in [0.4, 0.5) is 5.95 Å². The second kappa shape index (κ2) is 3.54. The van der Waals surface area contributed by atoms with Gasteiger partial charge >= 0.3 is 0 Å². The van der Waals surface area contributed by atoms with E-state index < -0.39 is 0 Å². The number of thioether (sulfide) groups is 1. The summed E-state index contributed by atoms with van der Waals surface area (Å²) in [5.74, 6) is 0.739. The first-order valence-electron chi connectivity index (χ1n) is 4.41. The molecule has 1 aromatic heterocycles. The Hall–Kier alpha value is -0.770. The van der Waals surface area contributed by atoms with Crippen LogP contribution in [0.5, 0.6) is 0 Å². The number of aromatic nitrogens is 2. The molecule has 0 atom stereocenters. The highest BCUT2D eigenvalue weighted by atomic mass is 32.2. The molecule has 13 heavy (non-hydrogen) atoms. The molecule has 1 aromatic rings. The van der Waals surface area contributed by atoms with Gasteiger partial charge in [-0.05, 0) is 25.2 Å². The lowest BCUT2D eigenvalue weighted by Gasteiger charge is -2.12. The second-order valence-corrected chi connectivity index (χ2v) is 4.59. The normalized spacial score (nSPS) is 18.2. The average molecular weight is 195 g/mol. The molecule has 2 rings (SSSR count). The molecule has 3 nitrogen and oxygen atoms in total. The fraction of sp³-hybridized carbons (Fsp3) is 0.556. The van der Waals surface area contributed by atoms with E-state index in [2.05, 4.69) is 21.5 Å². The monoisotopic (exact) mass is 195 g/mol. The van der Waals surface area contributed by atoms with Crippen LogP contribution in [0.1, 0.15) is 12.8 Å². The average Bonchev–Trinajstić information content (AvgIpc) is 2.97. The molecule has 0 saturated heterocycles. The molecule has 0 aliphatic heterocycles. The van der Waals surface area contributed by atoms with E-state index in [1.165, 1.54) is 12.8 Å². The smallest absolute Gasteiger partial charge is 0.222 e. The van der Waals surface area contributed by atoms with Crippen molar-refractivity contribution in [1.29, 1.82) is 0 Å². The fourth-order valence-corrected chi connectivity index (χ4v) is 1.95. The first kappa shape index (κ1) is 8.81. The van der Waals surface area contributed by atoms with E-state index in [9.17, 15) is 0 Å². The summed E-state index contributed by atoms with van der Waals surface area (Å²) >= 11 is 1.94. The maximum atomic E-state index is 4.11. The zero-order valence-corrected chi connectivity index (χ0v) is 8.47.